The van der Waals surface area contributed by atoms with E-state index in [-0.39, 0.29) is 66.7 Å². The molecule has 0 fully saturated rings. The molecule has 0 aliphatic carbocycles. The number of rotatable bonds is 10. The Morgan fingerprint density at radius 2 is 0.681 bits per heavy atom. The molecule has 0 aliphatic rings. The first-order valence-corrected chi connectivity index (χ1v) is 20.2. The minimum absolute atomic E-state index is 0. The van der Waals surface area contributed by atoms with Crippen molar-refractivity contribution in [2.45, 2.75) is 26.7 Å². The van der Waals surface area contributed by atoms with Gasteiger partial charge in [-0.25, -0.2) is 30.6 Å². The van der Waals surface area contributed by atoms with Crippen LogP contribution in [0.4, 0.5) is 0 Å². The van der Waals surface area contributed by atoms with Gasteiger partial charge in [-0.15, -0.1) is 0 Å². The third kappa shape index (κ3) is 17.8. The van der Waals surface area contributed by atoms with Gasteiger partial charge in [0, 0.05) is 75.8 Å². The van der Waals surface area contributed by atoms with Crippen LogP contribution in [-0.4, -0.2) is 84.3 Å². The van der Waals surface area contributed by atoms with E-state index in [1.165, 1.54) is 13.8 Å². The number of carboxylic acid groups (broad SMARTS) is 2. The minimum atomic E-state index is -1.04. The maximum Gasteiger partial charge on any atom is 3.00 e. The van der Waals surface area contributed by atoms with Gasteiger partial charge in [0.05, 0.1) is 12.1 Å². The number of carbonyl (C=O) groups excluding carboxylic acids is 2. The largest absolute Gasteiger partial charge is 3.00 e. The van der Waals surface area contributed by atoms with Crippen LogP contribution in [-0.2, 0) is 62.0 Å². The van der Waals surface area contributed by atoms with Crippen molar-refractivity contribution in [1.29, 1.82) is 10.5 Å². The Labute approximate surface area is 419 Å². The molecule has 0 saturated heterocycles. The predicted octanol–water partition coefficient (Wildman–Crippen LogP) is 3.61. The molecule has 6 heterocycles. The van der Waals surface area contributed by atoms with Crippen LogP contribution in [0.3, 0.4) is 0 Å². The van der Waals surface area contributed by atoms with Crippen LogP contribution in [0.25, 0.3) is 21.5 Å². The first-order chi connectivity index (χ1) is 32.2. The van der Waals surface area contributed by atoms with E-state index in [4.69, 9.17) is 10.5 Å². The van der Waals surface area contributed by atoms with Crippen LogP contribution in [0.1, 0.15) is 25.0 Å². The molecule has 348 valence electrons. The van der Waals surface area contributed by atoms with Gasteiger partial charge in [0.1, 0.15) is 0 Å². The zero-order valence-corrected chi connectivity index (χ0v) is 39.3. The molecule has 4 aromatic carbocycles. The normalized spacial score (nSPS) is 9.54. The zero-order valence-electron chi connectivity index (χ0n) is 37.1. The van der Waals surface area contributed by atoms with Crippen molar-refractivity contribution in [3.05, 3.63) is 207 Å². The summed E-state index contributed by atoms with van der Waals surface area (Å²) >= 11 is 0. The van der Waals surface area contributed by atoms with Crippen molar-refractivity contribution in [3.63, 3.8) is 0 Å². The molecule has 0 atom stereocenters. The van der Waals surface area contributed by atoms with Crippen LogP contribution in [0.5, 0.6) is 0 Å². The number of carbonyl (C=O) groups is 2. The van der Waals surface area contributed by atoms with E-state index in [1.807, 2.05) is 159 Å². The number of benzene rings is 4. The Hall–Kier alpha value is -8.29. The zero-order chi connectivity index (χ0) is 46.9. The average Bonchev–Trinajstić information content (AvgIpc) is 4.17. The van der Waals surface area contributed by atoms with Crippen molar-refractivity contribution < 1.29 is 59.4 Å². The van der Waals surface area contributed by atoms with E-state index in [1.54, 1.807) is 76.9 Å². The second-order valence-electron chi connectivity index (χ2n) is 13.5. The third-order valence-corrected chi connectivity index (χ3v) is 8.89. The summed E-state index contributed by atoms with van der Waals surface area (Å²) in [5.41, 5.74) is 1.56. The Bertz CT molecular complexity index is 2650. The molecule has 10 aromatic rings. The monoisotopic (exact) mass is 1000 g/mol. The number of hydrogen-bond acceptors (Lipinski definition) is 12. The van der Waals surface area contributed by atoms with Gasteiger partial charge in [0.2, 0.25) is 0 Å². The molecule has 23 heteroatoms. The van der Waals surface area contributed by atoms with Crippen molar-refractivity contribution >= 4 is 47.7 Å². The molecule has 0 bridgehead atoms. The average molecular weight is 1000 g/mol. The number of nitrogens with zero attached hydrogens (tertiary/aromatic N) is 14. The second-order valence-corrected chi connectivity index (χ2v) is 13.5. The van der Waals surface area contributed by atoms with Gasteiger partial charge in [-0.2, -0.15) is 10.5 Å². The minimum Gasteiger partial charge on any atom is -2.00 e. The van der Waals surface area contributed by atoms with E-state index in [0.717, 1.165) is 32.7 Å². The number of hydrogen-bond donors (Lipinski definition) is 0. The molecule has 0 amide bonds. The molecule has 0 spiro atoms. The van der Waals surface area contributed by atoms with Gasteiger partial charge in [0.25, 0.3) is 14.2 Å². The Balaban J connectivity index is 0.000000300. The van der Waals surface area contributed by atoms with Crippen LogP contribution in [0.15, 0.2) is 196 Å². The van der Waals surface area contributed by atoms with Crippen molar-refractivity contribution in [1.82, 2.24) is 58.1 Å². The van der Waals surface area contributed by atoms with E-state index in [9.17, 15) is 19.8 Å². The smallest absolute Gasteiger partial charge is 2.00 e. The number of fused-ring (bicyclic) bond motifs is 2. The quantitative estimate of drug-likeness (QED) is 0.178. The molecular weight excluding hydrogens is 962 g/mol. The van der Waals surface area contributed by atoms with Gasteiger partial charge in [-0.1, -0.05) is 84.9 Å². The van der Waals surface area contributed by atoms with E-state index in [2.05, 4.69) is 30.6 Å². The Morgan fingerprint density at radius 1 is 0.449 bits per heavy atom. The van der Waals surface area contributed by atoms with Crippen LogP contribution in [0.2, 0.25) is 0 Å². The summed E-state index contributed by atoms with van der Waals surface area (Å²) in [6.07, 6.45) is 21.7. The SMILES string of the molecule is CC#N.CC#N.O=C([O-])Cc1ccc2ccccc2c1.O=C([O-])Cc1ccc2ccccc2c1.[Fe+3].[Fe+3].[O-2].c1cnn([B-](n2cccn2)n2cccn2)c1.c1cnn([B-](n2cccn2)n2cccn2)c1. The summed E-state index contributed by atoms with van der Waals surface area (Å²) in [6.45, 7) is 2.86. The molecule has 0 saturated carbocycles. The number of aromatic nitrogens is 12. The summed E-state index contributed by atoms with van der Waals surface area (Å²) in [5, 5.41) is 65.1. The summed E-state index contributed by atoms with van der Waals surface area (Å²) in [6, 6.07) is 41.7. The Kier molecular flexibility index (Phi) is 25.4. The molecule has 0 unspecified atom stereocenters. The summed E-state index contributed by atoms with van der Waals surface area (Å²) in [4.78, 5) is 20.8. The first-order valence-electron chi connectivity index (χ1n) is 20.2. The fourth-order valence-electron chi connectivity index (χ4n) is 6.26. The molecule has 69 heavy (non-hydrogen) atoms. The van der Waals surface area contributed by atoms with E-state index < -0.39 is 11.9 Å². The molecule has 10 rings (SSSR count). The van der Waals surface area contributed by atoms with Gasteiger partial charge < -0.3 is 52.8 Å². The summed E-state index contributed by atoms with van der Waals surface area (Å²) in [5.74, 6) is -2.08. The maximum atomic E-state index is 10.4. The van der Waals surface area contributed by atoms with Gasteiger partial charge >= 0.3 is 34.1 Å². The topological polar surface area (TPSA) is 263 Å². The Morgan fingerprint density at radius 3 is 0.884 bits per heavy atom. The van der Waals surface area contributed by atoms with Crippen molar-refractivity contribution in [2.24, 2.45) is 0 Å². The van der Waals surface area contributed by atoms with E-state index in [0.29, 0.717) is 0 Å². The molecule has 0 aliphatic heterocycles. The van der Waals surface area contributed by atoms with Gasteiger partial charge in [-0.3, -0.25) is 0 Å². The number of nitriles is 2. The second kappa shape index (κ2) is 30.8. The molecule has 19 nitrogen and oxygen atoms in total. The third-order valence-electron chi connectivity index (χ3n) is 8.89. The molecule has 4 radical (unpaired) electrons. The van der Waals surface area contributed by atoms with Crippen molar-refractivity contribution in [2.75, 3.05) is 0 Å². The first kappa shape index (κ1) is 56.8. The number of carboxylic acids is 2. The van der Waals surface area contributed by atoms with E-state index >= 15 is 0 Å². The molecule has 0 N–H and O–H groups in total. The molecule has 6 aromatic heterocycles. The summed E-state index contributed by atoms with van der Waals surface area (Å²) < 4.78 is 10.8. The predicted molar refractivity (Wildman–Crippen MR) is 246 cm³/mol. The standard InChI is InChI=1S/2C12H10O2.2C9H9BN6.2C2H3N.2Fe.O/c2*13-12(14)8-9-5-6-10-3-1-2-4-11(10)7-9;2*1-4-11-14(7-1)10(15-8-2-5-12-15)16-9-3-6-13-16;2*1-2-3;;;/h2*1-7H,8H2,(H,13,14);2*1-9H;2*1H3;;;/q;;2*-1;;;2*+3;-2/p-2. The fraction of sp³-hybridized carbons (Fsp3) is 0.0870. The van der Waals surface area contributed by atoms with Crippen LogP contribution in [0, 0.1) is 22.7 Å². The van der Waals surface area contributed by atoms with Gasteiger partial charge in [-0.05, 0) is 106 Å². The maximum absolute atomic E-state index is 10.4. The summed E-state index contributed by atoms with van der Waals surface area (Å²) in [7, 11) is -0.389. The van der Waals surface area contributed by atoms with Crippen LogP contribution < -0.4 is 10.2 Å². The van der Waals surface area contributed by atoms with Crippen LogP contribution >= 0.6 is 0 Å². The molecular formula is C46H42B2Fe2N14O5. The van der Waals surface area contributed by atoms with Crippen molar-refractivity contribution in [3.8, 4) is 12.1 Å². The van der Waals surface area contributed by atoms with Gasteiger partial charge in [0.15, 0.2) is 0 Å². The number of aliphatic carboxylic acids is 2. The fourth-order valence-corrected chi connectivity index (χ4v) is 6.26.